The lowest BCUT2D eigenvalue weighted by atomic mass is 9.87. The van der Waals surface area contributed by atoms with Crippen LogP contribution < -0.4 is 0 Å². The van der Waals surface area contributed by atoms with E-state index < -0.39 is 5.92 Å². The molecule has 0 saturated carbocycles. The van der Waals surface area contributed by atoms with Crippen LogP contribution in [0.2, 0.25) is 0 Å². The number of hydrogen-bond acceptors (Lipinski definition) is 3. The molecule has 0 amide bonds. The minimum atomic E-state index is -0.693. The smallest absolute Gasteiger partial charge is 0.159 e. The van der Waals surface area contributed by atoms with Gasteiger partial charge in [0.1, 0.15) is 5.92 Å². The van der Waals surface area contributed by atoms with Crippen LogP contribution in [0.15, 0.2) is 28.7 Å². The molecule has 1 aromatic rings. The van der Waals surface area contributed by atoms with Crippen LogP contribution in [-0.2, 0) is 9.53 Å². The Bertz CT molecular complexity index is 495. The quantitative estimate of drug-likeness (QED) is 0.862. The molecular formula is C14H14BrNO2. The van der Waals surface area contributed by atoms with E-state index in [0.717, 1.165) is 10.0 Å². The van der Waals surface area contributed by atoms with Gasteiger partial charge in [0.2, 0.25) is 0 Å². The molecule has 0 bridgehead atoms. The molecule has 3 unspecified atom stereocenters. The fraction of sp³-hybridized carbons (Fsp3) is 0.429. The maximum absolute atomic E-state index is 12.3. The summed E-state index contributed by atoms with van der Waals surface area (Å²) in [5, 5.41) is 9.24. The van der Waals surface area contributed by atoms with E-state index in [2.05, 4.69) is 22.0 Å². The average molecular weight is 308 g/mol. The SMILES string of the molecule is CC1CC(C(=O)C(C#N)c2cccc(Br)c2)CO1. The number of carbonyl (C=O) groups excluding carboxylic acids is 1. The zero-order chi connectivity index (χ0) is 13.1. The van der Waals surface area contributed by atoms with Crippen molar-refractivity contribution in [2.24, 2.45) is 5.92 Å². The van der Waals surface area contributed by atoms with Crippen molar-refractivity contribution in [3.8, 4) is 6.07 Å². The molecule has 1 aliphatic rings. The Hall–Kier alpha value is -1.18. The van der Waals surface area contributed by atoms with E-state index in [9.17, 15) is 10.1 Å². The highest BCUT2D eigenvalue weighted by Gasteiger charge is 2.33. The van der Waals surface area contributed by atoms with Crippen molar-refractivity contribution in [1.82, 2.24) is 0 Å². The molecule has 1 heterocycles. The van der Waals surface area contributed by atoms with Crippen molar-refractivity contribution in [3.05, 3.63) is 34.3 Å². The number of rotatable bonds is 3. The van der Waals surface area contributed by atoms with Gasteiger partial charge in [0.15, 0.2) is 5.78 Å². The molecule has 0 spiro atoms. The van der Waals surface area contributed by atoms with Gasteiger partial charge < -0.3 is 4.74 Å². The highest BCUT2D eigenvalue weighted by atomic mass is 79.9. The Labute approximate surface area is 115 Å². The van der Waals surface area contributed by atoms with Gasteiger partial charge in [-0.3, -0.25) is 4.79 Å². The Morgan fingerprint density at radius 3 is 2.94 bits per heavy atom. The minimum Gasteiger partial charge on any atom is -0.378 e. The predicted molar refractivity (Wildman–Crippen MR) is 71.0 cm³/mol. The fourth-order valence-electron chi connectivity index (χ4n) is 2.24. The number of Topliss-reactive ketones (excluding diaryl/α,β-unsaturated/α-hetero) is 1. The van der Waals surface area contributed by atoms with E-state index in [1.807, 2.05) is 31.2 Å². The molecule has 1 saturated heterocycles. The van der Waals surface area contributed by atoms with Crippen LogP contribution in [0.5, 0.6) is 0 Å². The minimum absolute atomic E-state index is 0.0278. The maximum Gasteiger partial charge on any atom is 0.159 e. The summed E-state index contributed by atoms with van der Waals surface area (Å²) in [4.78, 5) is 12.3. The largest absolute Gasteiger partial charge is 0.378 e. The summed E-state index contributed by atoms with van der Waals surface area (Å²) < 4.78 is 6.28. The van der Waals surface area contributed by atoms with E-state index in [1.165, 1.54) is 0 Å². The third-order valence-electron chi connectivity index (χ3n) is 3.20. The van der Waals surface area contributed by atoms with Gasteiger partial charge in [0.25, 0.3) is 0 Å². The van der Waals surface area contributed by atoms with Gasteiger partial charge in [-0.05, 0) is 31.0 Å². The molecule has 2 rings (SSSR count). The zero-order valence-corrected chi connectivity index (χ0v) is 11.7. The molecule has 4 heteroatoms. The summed E-state index contributed by atoms with van der Waals surface area (Å²) in [6, 6.07) is 9.47. The van der Waals surface area contributed by atoms with Gasteiger partial charge in [0, 0.05) is 10.4 Å². The third-order valence-corrected chi connectivity index (χ3v) is 3.69. The second kappa shape index (κ2) is 5.64. The van der Waals surface area contributed by atoms with Crippen LogP contribution in [-0.4, -0.2) is 18.5 Å². The van der Waals surface area contributed by atoms with Crippen molar-refractivity contribution in [2.45, 2.75) is 25.4 Å². The third kappa shape index (κ3) is 2.80. The van der Waals surface area contributed by atoms with Crippen LogP contribution in [0.1, 0.15) is 24.8 Å². The lowest BCUT2D eigenvalue weighted by Crippen LogP contribution is -2.21. The number of nitriles is 1. The maximum atomic E-state index is 12.3. The van der Waals surface area contributed by atoms with Crippen molar-refractivity contribution in [1.29, 1.82) is 5.26 Å². The van der Waals surface area contributed by atoms with Gasteiger partial charge in [-0.15, -0.1) is 0 Å². The van der Waals surface area contributed by atoms with E-state index in [4.69, 9.17) is 4.74 Å². The first-order valence-corrected chi connectivity index (χ1v) is 6.71. The molecule has 94 valence electrons. The first-order chi connectivity index (χ1) is 8.61. The van der Waals surface area contributed by atoms with Crippen molar-refractivity contribution >= 4 is 21.7 Å². The fourth-order valence-corrected chi connectivity index (χ4v) is 2.66. The molecule has 0 aromatic heterocycles. The molecule has 3 nitrogen and oxygen atoms in total. The number of ether oxygens (including phenoxy) is 1. The van der Waals surface area contributed by atoms with Gasteiger partial charge in [-0.1, -0.05) is 28.1 Å². The average Bonchev–Trinajstić information content (AvgIpc) is 2.77. The number of carbonyl (C=O) groups is 1. The summed E-state index contributed by atoms with van der Waals surface area (Å²) in [6.45, 7) is 2.39. The highest BCUT2D eigenvalue weighted by molar-refractivity contribution is 9.10. The Morgan fingerprint density at radius 2 is 2.39 bits per heavy atom. The number of ketones is 1. The van der Waals surface area contributed by atoms with E-state index in [0.29, 0.717) is 13.0 Å². The van der Waals surface area contributed by atoms with Crippen LogP contribution in [0, 0.1) is 17.2 Å². The lowest BCUT2D eigenvalue weighted by molar-refractivity contribution is -0.123. The number of halogens is 1. The van der Waals surface area contributed by atoms with E-state index in [-0.39, 0.29) is 17.8 Å². The molecule has 0 radical (unpaired) electrons. The summed E-state index contributed by atoms with van der Waals surface area (Å²) in [5.74, 6) is -0.870. The first-order valence-electron chi connectivity index (χ1n) is 5.92. The van der Waals surface area contributed by atoms with Crippen LogP contribution in [0.4, 0.5) is 0 Å². The Kier molecular flexibility index (Phi) is 4.15. The summed E-state index contributed by atoms with van der Waals surface area (Å²) >= 11 is 3.36. The standard InChI is InChI=1S/C14H14BrNO2/c1-9-5-11(8-18-9)14(17)13(7-16)10-3-2-4-12(15)6-10/h2-4,6,9,11,13H,5,8H2,1H3. The molecule has 18 heavy (non-hydrogen) atoms. The summed E-state index contributed by atoms with van der Waals surface area (Å²) in [5.41, 5.74) is 0.747. The van der Waals surface area contributed by atoms with Crippen LogP contribution >= 0.6 is 15.9 Å². The van der Waals surface area contributed by atoms with Gasteiger partial charge in [-0.25, -0.2) is 0 Å². The van der Waals surface area contributed by atoms with Crippen LogP contribution in [0.25, 0.3) is 0 Å². The molecule has 1 aromatic carbocycles. The van der Waals surface area contributed by atoms with Gasteiger partial charge >= 0.3 is 0 Å². The molecule has 1 fully saturated rings. The van der Waals surface area contributed by atoms with Crippen molar-refractivity contribution in [2.75, 3.05) is 6.61 Å². The Morgan fingerprint density at radius 1 is 1.61 bits per heavy atom. The molecule has 1 aliphatic heterocycles. The van der Waals surface area contributed by atoms with Gasteiger partial charge in [0.05, 0.1) is 18.8 Å². The molecule has 0 N–H and O–H groups in total. The monoisotopic (exact) mass is 307 g/mol. The van der Waals surface area contributed by atoms with E-state index >= 15 is 0 Å². The summed E-state index contributed by atoms with van der Waals surface area (Å²) in [6.07, 6.45) is 0.825. The second-order valence-corrected chi connectivity index (χ2v) is 5.51. The molecular weight excluding hydrogens is 294 g/mol. The van der Waals surface area contributed by atoms with E-state index in [1.54, 1.807) is 0 Å². The van der Waals surface area contributed by atoms with Crippen LogP contribution in [0.3, 0.4) is 0 Å². The highest BCUT2D eigenvalue weighted by Crippen LogP contribution is 2.28. The zero-order valence-electron chi connectivity index (χ0n) is 10.1. The second-order valence-electron chi connectivity index (χ2n) is 4.60. The van der Waals surface area contributed by atoms with Crippen molar-refractivity contribution in [3.63, 3.8) is 0 Å². The number of nitrogens with zero attached hydrogens (tertiary/aromatic N) is 1. The first kappa shape index (κ1) is 13.3. The normalized spacial score (nSPS) is 24.5. The predicted octanol–water partition coefficient (Wildman–Crippen LogP) is 3.05. The Balaban J connectivity index is 2.19. The number of benzene rings is 1. The van der Waals surface area contributed by atoms with Gasteiger partial charge in [-0.2, -0.15) is 5.26 Å². The lowest BCUT2D eigenvalue weighted by Gasteiger charge is -2.12. The topological polar surface area (TPSA) is 50.1 Å². The summed E-state index contributed by atoms with van der Waals surface area (Å²) in [7, 11) is 0. The molecule has 0 aliphatic carbocycles. The molecule has 3 atom stereocenters. The number of hydrogen-bond donors (Lipinski definition) is 0. The van der Waals surface area contributed by atoms with Crippen molar-refractivity contribution < 1.29 is 9.53 Å².